The minimum absolute atomic E-state index is 0.118. The summed E-state index contributed by atoms with van der Waals surface area (Å²) in [6.07, 6.45) is 0.118. The summed E-state index contributed by atoms with van der Waals surface area (Å²) < 4.78 is 10.6. The zero-order valence-electron chi connectivity index (χ0n) is 5.39. The largest absolute Gasteiger partial charge is 0.481 e. The van der Waals surface area contributed by atoms with Crippen LogP contribution < -0.4 is 0 Å². The molecule has 0 aliphatic heterocycles. The first-order valence-corrected chi connectivity index (χ1v) is 5.55. The van der Waals surface area contributed by atoms with E-state index in [9.17, 15) is 9.36 Å². The van der Waals surface area contributed by atoms with E-state index >= 15 is 0 Å². The van der Waals surface area contributed by atoms with E-state index in [0.29, 0.717) is 0 Å². The Balaban J connectivity index is 4.38. The summed E-state index contributed by atoms with van der Waals surface area (Å²) in [5.41, 5.74) is -1.24. The lowest BCUT2D eigenvalue weighted by atomic mass is 10.3. The number of carboxylic acids is 1. The quantitative estimate of drug-likeness (QED) is 0.451. The lowest BCUT2D eigenvalue weighted by molar-refractivity contribution is -0.136. The van der Waals surface area contributed by atoms with Crippen molar-refractivity contribution in [2.24, 2.45) is 0 Å². The van der Waals surface area contributed by atoms with Gasteiger partial charge < -0.3 is 10.00 Å². The number of rotatable bonds is 3. The third-order valence-corrected chi connectivity index (χ3v) is 3.31. The van der Waals surface area contributed by atoms with Crippen LogP contribution in [-0.4, -0.2) is 21.6 Å². The third kappa shape index (κ3) is 2.73. The van der Waals surface area contributed by atoms with Gasteiger partial charge in [-0.25, -0.2) is 0 Å². The van der Waals surface area contributed by atoms with E-state index in [1.54, 1.807) is 0 Å². The standard InChI is InChI=1S/C4H9O4PS/c1-2-3(4(5)6)9(7,8)10/h3H,2H2,1H3,(H,5,6)(H2,7,8,10). The van der Waals surface area contributed by atoms with E-state index in [1.807, 2.05) is 0 Å². The smallest absolute Gasteiger partial charge is 0.317 e. The number of hydrogen-bond acceptors (Lipinski definition) is 2. The third-order valence-electron chi connectivity index (χ3n) is 1.08. The minimum Gasteiger partial charge on any atom is -0.481 e. The molecule has 0 spiro atoms. The van der Waals surface area contributed by atoms with Crippen molar-refractivity contribution >= 4 is 24.8 Å². The topological polar surface area (TPSA) is 74.6 Å². The highest BCUT2D eigenvalue weighted by Crippen LogP contribution is 2.52. The molecule has 0 aliphatic rings. The fourth-order valence-electron chi connectivity index (χ4n) is 0.556. The van der Waals surface area contributed by atoms with Gasteiger partial charge in [-0.3, -0.25) is 9.36 Å². The van der Waals surface area contributed by atoms with Crippen LogP contribution in [0.2, 0.25) is 0 Å². The molecule has 0 heterocycles. The number of aliphatic carboxylic acids is 1. The summed E-state index contributed by atoms with van der Waals surface area (Å²) >= 11 is 3.30. The zero-order valence-corrected chi connectivity index (χ0v) is 7.18. The maximum Gasteiger partial charge on any atom is 0.317 e. The fourth-order valence-corrected chi connectivity index (χ4v) is 2.11. The van der Waals surface area contributed by atoms with Crippen LogP contribution in [0.15, 0.2) is 0 Å². The van der Waals surface area contributed by atoms with Crippen molar-refractivity contribution in [1.82, 2.24) is 0 Å². The van der Waals surface area contributed by atoms with Gasteiger partial charge in [-0.1, -0.05) is 19.2 Å². The van der Waals surface area contributed by atoms with E-state index < -0.39 is 18.2 Å². The molecule has 4 nitrogen and oxygen atoms in total. The van der Waals surface area contributed by atoms with Crippen molar-refractivity contribution in [1.29, 1.82) is 0 Å². The van der Waals surface area contributed by atoms with E-state index in [-0.39, 0.29) is 6.42 Å². The van der Waals surface area contributed by atoms with E-state index in [4.69, 9.17) is 10.00 Å². The lowest BCUT2D eigenvalue weighted by Gasteiger charge is -2.10. The molecule has 0 radical (unpaired) electrons. The summed E-state index contributed by atoms with van der Waals surface area (Å²) in [6.45, 7) is -2.21. The first-order valence-electron chi connectivity index (χ1n) is 2.67. The van der Waals surface area contributed by atoms with Crippen LogP contribution in [0.25, 0.3) is 0 Å². The molecule has 0 fully saturated rings. The Kier molecular flexibility index (Phi) is 3.42. The molecule has 0 saturated carbocycles. The summed E-state index contributed by atoms with van der Waals surface area (Å²) in [6, 6.07) is 0. The van der Waals surface area contributed by atoms with Gasteiger partial charge in [-0.15, -0.1) is 0 Å². The predicted octanol–water partition coefficient (Wildman–Crippen LogP) is 0.965. The van der Waals surface area contributed by atoms with Gasteiger partial charge >= 0.3 is 5.97 Å². The van der Waals surface area contributed by atoms with Crippen molar-refractivity contribution in [2.75, 3.05) is 0 Å². The van der Waals surface area contributed by atoms with Gasteiger partial charge in [0.05, 0.1) is 0 Å². The number of thiol groups is 1. The molecule has 0 amide bonds. The van der Waals surface area contributed by atoms with Gasteiger partial charge in [-0.05, 0) is 6.42 Å². The van der Waals surface area contributed by atoms with Crippen molar-refractivity contribution < 1.29 is 19.4 Å². The van der Waals surface area contributed by atoms with E-state index in [1.165, 1.54) is 6.92 Å². The maximum absolute atomic E-state index is 10.6. The van der Waals surface area contributed by atoms with E-state index in [2.05, 4.69) is 12.2 Å². The Morgan fingerprint density at radius 2 is 2.20 bits per heavy atom. The summed E-state index contributed by atoms with van der Waals surface area (Å²) in [5.74, 6) is -1.27. The van der Waals surface area contributed by atoms with Crippen LogP contribution >= 0.6 is 18.8 Å². The molecule has 0 aromatic rings. The molecular formula is C4H9O4PS. The highest BCUT2D eigenvalue weighted by atomic mass is 32.7. The average molecular weight is 184 g/mol. The van der Waals surface area contributed by atoms with Gasteiger partial charge in [0.15, 0.2) is 0 Å². The summed E-state index contributed by atoms with van der Waals surface area (Å²) in [7, 11) is 0. The van der Waals surface area contributed by atoms with Gasteiger partial charge in [0.1, 0.15) is 5.66 Å². The second-order valence-corrected chi connectivity index (χ2v) is 5.37. The first kappa shape index (κ1) is 10.0. The Labute approximate surface area is 63.9 Å². The van der Waals surface area contributed by atoms with Crippen molar-refractivity contribution in [3.63, 3.8) is 0 Å². The first-order chi connectivity index (χ1) is 4.39. The van der Waals surface area contributed by atoms with Gasteiger partial charge in [0, 0.05) is 0 Å². The molecule has 2 unspecified atom stereocenters. The van der Waals surface area contributed by atoms with Crippen LogP contribution in [0.4, 0.5) is 0 Å². The molecule has 2 atom stereocenters. The Bertz CT molecular complexity index is 174. The van der Waals surface area contributed by atoms with Crippen molar-refractivity contribution in [3.8, 4) is 0 Å². The predicted molar refractivity (Wildman–Crippen MR) is 40.5 cm³/mol. The van der Waals surface area contributed by atoms with Crippen LogP contribution in [0.3, 0.4) is 0 Å². The Hall–Kier alpha value is 0.01000. The van der Waals surface area contributed by atoms with Crippen LogP contribution in [0, 0.1) is 0 Å². The number of carbonyl (C=O) groups is 1. The molecule has 6 heteroatoms. The van der Waals surface area contributed by atoms with Gasteiger partial charge in [0.25, 0.3) is 6.57 Å². The summed E-state index contributed by atoms with van der Waals surface area (Å²) in [4.78, 5) is 18.9. The second kappa shape index (κ2) is 3.42. The van der Waals surface area contributed by atoms with Crippen molar-refractivity contribution in [3.05, 3.63) is 0 Å². The Morgan fingerprint density at radius 3 is 2.20 bits per heavy atom. The lowest BCUT2D eigenvalue weighted by Crippen LogP contribution is -2.17. The molecule has 0 aliphatic carbocycles. The average Bonchev–Trinajstić information content (AvgIpc) is 1.60. The number of hydrogen-bond donors (Lipinski definition) is 3. The molecule has 0 bridgehead atoms. The van der Waals surface area contributed by atoms with Gasteiger partial charge in [0.2, 0.25) is 0 Å². The molecule has 0 aromatic heterocycles. The second-order valence-electron chi connectivity index (χ2n) is 1.85. The zero-order chi connectivity index (χ0) is 8.36. The molecule has 0 aromatic carbocycles. The summed E-state index contributed by atoms with van der Waals surface area (Å²) in [5, 5.41) is 8.33. The normalized spacial score (nSPS) is 19.5. The van der Waals surface area contributed by atoms with Crippen LogP contribution in [0.5, 0.6) is 0 Å². The maximum atomic E-state index is 10.6. The molecule has 2 N–H and O–H groups in total. The molecular weight excluding hydrogens is 175 g/mol. The fraction of sp³-hybridized carbons (Fsp3) is 0.750. The molecule has 10 heavy (non-hydrogen) atoms. The molecule has 60 valence electrons. The van der Waals surface area contributed by atoms with Gasteiger partial charge in [-0.2, -0.15) is 0 Å². The molecule has 0 rings (SSSR count). The Morgan fingerprint density at radius 1 is 1.80 bits per heavy atom. The number of carboxylic acid groups (broad SMARTS) is 1. The minimum atomic E-state index is -3.74. The highest BCUT2D eigenvalue weighted by molar-refractivity contribution is 8.46. The van der Waals surface area contributed by atoms with Crippen molar-refractivity contribution in [2.45, 2.75) is 19.0 Å². The monoisotopic (exact) mass is 184 g/mol. The van der Waals surface area contributed by atoms with Crippen LogP contribution in [-0.2, 0) is 9.36 Å². The molecule has 0 saturated heterocycles. The highest BCUT2D eigenvalue weighted by Gasteiger charge is 2.31. The van der Waals surface area contributed by atoms with E-state index in [0.717, 1.165) is 0 Å². The van der Waals surface area contributed by atoms with Crippen LogP contribution in [0.1, 0.15) is 13.3 Å². The SMILES string of the molecule is CCC(C(=O)O)P(=O)(O)S.